The summed E-state index contributed by atoms with van der Waals surface area (Å²) in [5.74, 6) is 0.408. The molecule has 1 N–H and O–H groups in total. The highest BCUT2D eigenvalue weighted by Crippen LogP contribution is 2.45. The van der Waals surface area contributed by atoms with Gasteiger partial charge in [0.2, 0.25) is 5.76 Å². The maximum atomic E-state index is 14.1. The van der Waals surface area contributed by atoms with E-state index in [0.29, 0.717) is 36.5 Å². The molecule has 0 spiro atoms. The second-order valence-electron chi connectivity index (χ2n) is 8.70. The molecule has 0 unspecified atom stereocenters. The van der Waals surface area contributed by atoms with Gasteiger partial charge in [-0.2, -0.15) is 13.2 Å². The van der Waals surface area contributed by atoms with Gasteiger partial charge in [-0.15, -0.1) is 0 Å². The van der Waals surface area contributed by atoms with Crippen LogP contribution in [0.4, 0.5) is 13.2 Å². The lowest BCUT2D eigenvalue weighted by molar-refractivity contribution is -0.136. The predicted octanol–water partition coefficient (Wildman–Crippen LogP) is 6.71. The van der Waals surface area contributed by atoms with Crippen LogP contribution in [0.5, 0.6) is 5.75 Å². The van der Waals surface area contributed by atoms with E-state index in [9.17, 15) is 13.2 Å². The number of rotatable bonds is 9. The molecule has 0 amide bonds. The first-order valence-electron chi connectivity index (χ1n) is 11.9. The zero-order valence-electron chi connectivity index (χ0n) is 19.5. The van der Waals surface area contributed by atoms with Crippen molar-refractivity contribution >= 4 is 0 Å². The third-order valence-corrected chi connectivity index (χ3v) is 6.19. The molecule has 2 aromatic carbocycles. The number of aliphatic hydroxyl groups is 1. The van der Waals surface area contributed by atoms with Crippen molar-refractivity contribution in [3.8, 4) is 40.0 Å². The smallest absolute Gasteiger partial charge is 0.422 e. The molecule has 1 aliphatic rings. The van der Waals surface area contributed by atoms with Gasteiger partial charge in [-0.3, -0.25) is 0 Å². The van der Waals surface area contributed by atoms with Crippen LogP contribution >= 0.6 is 0 Å². The standard InChI is InChI=1S/C27H25F3N2O4/c28-27(29,30)22-23(17-8-4-3-5-9-17)32-36-25(22)26-31-21-13-10-18-16-19(11-12-20(18)24(21)35-26)34-15-7-2-1-6-14-33/h3-5,8-9,11-12,16,33H,1-2,6-7,10,13-15H2. The fraction of sp³-hybridized carbons (Fsp3) is 0.333. The number of benzene rings is 2. The Kier molecular flexibility index (Phi) is 6.82. The summed E-state index contributed by atoms with van der Waals surface area (Å²) in [6.45, 7) is 0.788. The number of alkyl halides is 3. The Morgan fingerprint density at radius 1 is 0.944 bits per heavy atom. The molecule has 0 radical (unpaired) electrons. The fourth-order valence-corrected chi connectivity index (χ4v) is 4.42. The van der Waals surface area contributed by atoms with E-state index in [1.807, 2.05) is 18.2 Å². The Morgan fingerprint density at radius 2 is 1.75 bits per heavy atom. The van der Waals surface area contributed by atoms with E-state index in [1.54, 1.807) is 30.3 Å². The summed E-state index contributed by atoms with van der Waals surface area (Å²) in [4.78, 5) is 4.36. The van der Waals surface area contributed by atoms with Gasteiger partial charge in [-0.05, 0) is 55.9 Å². The molecular weight excluding hydrogens is 473 g/mol. The minimum absolute atomic E-state index is 0.207. The van der Waals surface area contributed by atoms with E-state index in [4.69, 9.17) is 18.8 Å². The number of hydrogen-bond donors (Lipinski definition) is 1. The topological polar surface area (TPSA) is 81.5 Å². The van der Waals surface area contributed by atoms with Crippen molar-refractivity contribution < 1.29 is 32.0 Å². The van der Waals surface area contributed by atoms with Gasteiger partial charge in [-0.1, -0.05) is 41.9 Å². The molecule has 36 heavy (non-hydrogen) atoms. The minimum atomic E-state index is -4.71. The second-order valence-corrected chi connectivity index (χ2v) is 8.70. The molecule has 1 aliphatic carbocycles. The zero-order chi connectivity index (χ0) is 25.1. The van der Waals surface area contributed by atoms with Crippen molar-refractivity contribution in [2.75, 3.05) is 13.2 Å². The monoisotopic (exact) mass is 498 g/mol. The number of aryl methyl sites for hydroxylation is 2. The third kappa shape index (κ3) is 4.88. The molecule has 0 fully saturated rings. The van der Waals surface area contributed by atoms with Gasteiger partial charge < -0.3 is 18.8 Å². The van der Waals surface area contributed by atoms with Gasteiger partial charge >= 0.3 is 6.18 Å². The Labute approximate surface area is 205 Å². The van der Waals surface area contributed by atoms with Crippen molar-refractivity contribution in [3.05, 3.63) is 65.4 Å². The summed E-state index contributed by atoms with van der Waals surface area (Å²) in [5, 5.41) is 12.6. The predicted molar refractivity (Wildman–Crippen MR) is 126 cm³/mol. The number of aliphatic hydroxyl groups excluding tert-OH is 1. The highest BCUT2D eigenvalue weighted by Gasteiger charge is 2.43. The summed E-state index contributed by atoms with van der Waals surface area (Å²) >= 11 is 0. The lowest BCUT2D eigenvalue weighted by Crippen LogP contribution is -2.07. The number of aromatic nitrogens is 2. The van der Waals surface area contributed by atoms with Gasteiger partial charge in [0.1, 0.15) is 17.0 Å². The molecule has 188 valence electrons. The van der Waals surface area contributed by atoms with Crippen molar-refractivity contribution in [2.45, 2.75) is 44.7 Å². The SMILES string of the molecule is OCCCCCCOc1ccc2c(c1)CCc1nc(-c3onc(-c4ccccc4)c3C(F)(F)F)oc1-2. The number of oxazole rings is 1. The average molecular weight is 499 g/mol. The Morgan fingerprint density at radius 3 is 2.53 bits per heavy atom. The van der Waals surface area contributed by atoms with Crippen molar-refractivity contribution in [1.29, 1.82) is 0 Å². The zero-order valence-corrected chi connectivity index (χ0v) is 19.5. The van der Waals surface area contributed by atoms with Crippen LogP contribution in [0.1, 0.15) is 42.5 Å². The van der Waals surface area contributed by atoms with Crippen molar-refractivity contribution in [3.63, 3.8) is 0 Å². The second kappa shape index (κ2) is 10.2. The number of nitrogens with zero attached hydrogens (tertiary/aromatic N) is 2. The van der Waals surface area contributed by atoms with Crippen molar-refractivity contribution in [1.82, 2.24) is 10.1 Å². The Hall–Kier alpha value is -3.59. The van der Waals surface area contributed by atoms with E-state index in [-0.39, 0.29) is 18.2 Å². The summed E-state index contributed by atoms with van der Waals surface area (Å²) in [6, 6.07) is 13.7. The first-order valence-corrected chi connectivity index (χ1v) is 11.9. The van der Waals surface area contributed by atoms with Crippen molar-refractivity contribution in [2.24, 2.45) is 0 Å². The molecule has 9 heteroatoms. The normalized spacial score (nSPS) is 12.9. The number of hydrogen-bond acceptors (Lipinski definition) is 6. The molecule has 5 rings (SSSR count). The molecule has 2 aromatic heterocycles. The third-order valence-electron chi connectivity index (χ3n) is 6.19. The average Bonchev–Trinajstić information content (AvgIpc) is 3.51. The molecule has 6 nitrogen and oxygen atoms in total. The highest BCUT2D eigenvalue weighted by atomic mass is 19.4. The minimum Gasteiger partial charge on any atom is -0.494 e. The summed E-state index contributed by atoms with van der Waals surface area (Å²) < 4.78 is 59.1. The Balaban J connectivity index is 1.41. The molecule has 0 aliphatic heterocycles. The first-order chi connectivity index (χ1) is 17.5. The van der Waals surface area contributed by atoms with E-state index >= 15 is 0 Å². The molecule has 0 saturated heterocycles. The Bertz CT molecular complexity index is 1330. The number of unbranched alkanes of at least 4 members (excludes halogenated alkanes) is 3. The maximum absolute atomic E-state index is 14.1. The van der Waals surface area contributed by atoms with Gasteiger partial charge in [0.05, 0.1) is 12.3 Å². The summed E-state index contributed by atoms with van der Waals surface area (Å²) in [6.07, 6.45) is 0.135. The van der Waals surface area contributed by atoms with E-state index < -0.39 is 17.5 Å². The molecule has 2 heterocycles. The highest BCUT2D eigenvalue weighted by molar-refractivity contribution is 5.73. The largest absolute Gasteiger partial charge is 0.494 e. The van der Waals surface area contributed by atoms with E-state index in [1.165, 1.54) is 0 Å². The lowest BCUT2D eigenvalue weighted by atomic mass is 9.93. The van der Waals surface area contributed by atoms with Gasteiger partial charge in [0.15, 0.2) is 5.76 Å². The lowest BCUT2D eigenvalue weighted by Gasteiger charge is -2.15. The van der Waals surface area contributed by atoms with Crippen LogP contribution in [0.25, 0.3) is 34.2 Å². The first kappa shape index (κ1) is 24.1. The van der Waals surface area contributed by atoms with Gasteiger partial charge in [0.25, 0.3) is 5.89 Å². The van der Waals surface area contributed by atoms with E-state index in [2.05, 4.69) is 10.1 Å². The van der Waals surface area contributed by atoms with Crippen LogP contribution in [0.3, 0.4) is 0 Å². The van der Waals surface area contributed by atoms with Crippen LogP contribution in [0.15, 0.2) is 57.5 Å². The number of halogens is 3. The number of ether oxygens (including phenoxy) is 1. The summed E-state index contributed by atoms with van der Waals surface area (Å²) in [5.41, 5.74) is 1.34. The maximum Gasteiger partial charge on any atom is 0.422 e. The summed E-state index contributed by atoms with van der Waals surface area (Å²) in [7, 11) is 0. The molecular formula is C27H25F3N2O4. The molecule has 0 bridgehead atoms. The van der Waals surface area contributed by atoms with Crippen LogP contribution in [-0.2, 0) is 19.0 Å². The number of fused-ring (bicyclic) bond motifs is 3. The van der Waals surface area contributed by atoms with Crippen LogP contribution in [0, 0.1) is 0 Å². The molecule has 4 aromatic rings. The molecule has 0 saturated carbocycles. The molecule has 0 atom stereocenters. The quantitative estimate of drug-likeness (QED) is 0.258. The van der Waals surface area contributed by atoms with Crippen LogP contribution in [-0.4, -0.2) is 28.5 Å². The fourth-order valence-electron chi connectivity index (χ4n) is 4.42. The van der Waals surface area contributed by atoms with E-state index in [0.717, 1.165) is 42.6 Å². The van der Waals surface area contributed by atoms with Gasteiger partial charge in [0, 0.05) is 17.7 Å². The van der Waals surface area contributed by atoms with Crippen LogP contribution < -0.4 is 4.74 Å². The van der Waals surface area contributed by atoms with Crippen LogP contribution in [0.2, 0.25) is 0 Å². The van der Waals surface area contributed by atoms with Gasteiger partial charge in [-0.25, -0.2) is 4.98 Å².